The van der Waals surface area contributed by atoms with Gasteiger partial charge in [0.05, 0.1) is 5.75 Å². The summed E-state index contributed by atoms with van der Waals surface area (Å²) in [5.74, 6) is 0.253. The van der Waals surface area contributed by atoms with Gasteiger partial charge in [0.1, 0.15) is 11.6 Å². The molecule has 0 aliphatic carbocycles. The first-order valence-corrected chi connectivity index (χ1v) is 7.31. The van der Waals surface area contributed by atoms with Crippen molar-refractivity contribution in [2.75, 3.05) is 5.75 Å². The van der Waals surface area contributed by atoms with Gasteiger partial charge in [0.2, 0.25) is 0 Å². The normalized spacial score (nSPS) is 10.6. The van der Waals surface area contributed by atoms with Crippen molar-refractivity contribution in [1.82, 2.24) is 4.98 Å². The molecule has 0 saturated carbocycles. The molecule has 1 aromatic carbocycles. The Bertz CT molecular complexity index is 536. The fraction of sp³-hybridized carbons (Fsp3) is 0.231. The van der Waals surface area contributed by atoms with Gasteiger partial charge >= 0.3 is 0 Å². The number of carbonyl (C=O) groups excluding carboxylic acids is 1. The van der Waals surface area contributed by atoms with Gasteiger partial charge < -0.3 is 0 Å². The number of ketones is 1. The zero-order valence-electron chi connectivity index (χ0n) is 9.85. The summed E-state index contributed by atoms with van der Waals surface area (Å²) in [6.45, 7) is 1.93. The van der Waals surface area contributed by atoms with E-state index >= 15 is 0 Å². The number of halogens is 1. The molecule has 0 amide bonds. The van der Waals surface area contributed by atoms with Crippen LogP contribution in [0.15, 0.2) is 34.0 Å². The number of nitrogens with zero attached hydrogens (tertiary/aromatic N) is 1. The van der Waals surface area contributed by atoms with Crippen molar-refractivity contribution in [1.29, 1.82) is 0 Å². The van der Waals surface area contributed by atoms with Gasteiger partial charge in [-0.1, -0.05) is 23.9 Å². The molecular weight excluding hydrogens is 269 g/mol. The average Bonchev–Trinajstić information content (AvgIpc) is 2.76. The van der Waals surface area contributed by atoms with Gasteiger partial charge in [-0.15, -0.1) is 11.3 Å². The van der Waals surface area contributed by atoms with E-state index in [9.17, 15) is 9.18 Å². The van der Waals surface area contributed by atoms with Gasteiger partial charge in [0.25, 0.3) is 0 Å². The summed E-state index contributed by atoms with van der Waals surface area (Å²) in [5, 5.41) is 1.97. The molecule has 2 aromatic rings. The molecule has 0 aliphatic rings. The van der Waals surface area contributed by atoms with E-state index < -0.39 is 0 Å². The van der Waals surface area contributed by atoms with Crippen molar-refractivity contribution < 1.29 is 9.18 Å². The van der Waals surface area contributed by atoms with Crippen molar-refractivity contribution in [3.63, 3.8) is 0 Å². The predicted molar refractivity (Wildman–Crippen MR) is 72.7 cm³/mol. The molecule has 0 spiro atoms. The molecule has 94 valence electrons. The number of aryl methyl sites for hydroxylation is 1. The van der Waals surface area contributed by atoms with Crippen LogP contribution < -0.4 is 0 Å². The van der Waals surface area contributed by atoms with E-state index in [1.165, 1.54) is 23.9 Å². The zero-order chi connectivity index (χ0) is 13.0. The van der Waals surface area contributed by atoms with Crippen molar-refractivity contribution >= 4 is 28.9 Å². The highest BCUT2D eigenvalue weighted by atomic mass is 32.2. The van der Waals surface area contributed by atoms with E-state index in [2.05, 4.69) is 4.98 Å². The van der Waals surface area contributed by atoms with Crippen molar-refractivity contribution in [2.45, 2.75) is 17.7 Å². The molecule has 2 rings (SSSR count). The molecule has 18 heavy (non-hydrogen) atoms. The summed E-state index contributed by atoms with van der Waals surface area (Å²) >= 11 is 3.01. The van der Waals surface area contributed by atoms with Gasteiger partial charge in [-0.3, -0.25) is 4.79 Å². The monoisotopic (exact) mass is 281 g/mol. The lowest BCUT2D eigenvalue weighted by atomic mass is 10.1. The molecule has 0 bridgehead atoms. The Morgan fingerprint density at radius 2 is 2.11 bits per heavy atom. The molecular formula is C13H12FNOS2. The number of hydrogen-bond acceptors (Lipinski definition) is 4. The van der Waals surface area contributed by atoms with E-state index in [-0.39, 0.29) is 11.6 Å². The lowest BCUT2D eigenvalue weighted by Crippen LogP contribution is -2.05. The van der Waals surface area contributed by atoms with E-state index in [1.54, 1.807) is 23.5 Å². The van der Waals surface area contributed by atoms with E-state index in [4.69, 9.17) is 0 Å². The molecule has 0 atom stereocenters. The molecule has 5 heteroatoms. The van der Waals surface area contributed by atoms with Crippen LogP contribution in [0.3, 0.4) is 0 Å². The summed E-state index contributed by atoms with van der Waals surface area (Å²) in [4.78, 5) is 16.0. The minimum atomic E-state index is -0.279. The maximum atomic E-state index is 12.7. The first-order chi connectivity index (χ1) is 8.63. The minimum absolute atomic E-state index is 0.125. The van der Waals surface area contributed by atoms with Crippen molar-refractivity contribution in [3.05, 3.63) is 46.7 Å². The molecule has 0 radical (unpaired) electrons. The molecule has 0 saturated heterocycles. The maximum Gasteiger partial charge on any atom is 0.150 e. The largest absolute Gasteiger partial charge is 0.298 e. The molecule has 1 heterocycles. The average molecular weight is 281 g/mol. The third-order valence-electron chi connectivity index (χ3n) is 2.27. The van der Waals surface area contributed by atoms with Gasteiger partial charge in [-0.2, -0.15) is 0 Å². The van der Waals surface area contributed by atoms with Crippen molar-refractivity contribution in [2.24, 2.45) is 0 Å². The van der Waals surface area contributed by atoms with Crippen LogP contribution in [-0.4, -0.2) is 16.5 Å². The number of rotatable bonds is 5. The zero-order valence-corrected chi connectivity index (χ0v) is 11.5. The second kappa shape index (κ2) is 6.11. The van der Waals surface area contributed by atoms with Gasteiger partial charge in [-0.05, 0) is 24.6 Å². The van der Waals surface area contributed by atoms with Gasteiger partial charge in [-0.25, -0.2) is 9.37 Å². The van der Waals surface area contributed by atoms with Crippen LogP contribution in [0.4, 0.5) is 4.39 Å². The topological polar surface area (TPSA) is 30.0 Å². The first-order valence-electron chi connectivity index (χ1n) is 5.44. The Labute approximate surface area is 113 Å². The Balaban J connectivity index is 1.83. The van der Waals surface area contributed by atoms with Crippen LogP contribution in [0.5, 0.6) is 0 Å². The summed E-state index contributed by atoms with van der Waals surface area (Å²) < 4.78 is 13.6. The molecule has 0 fully saturated rings. The first kappa shape index (κ1) is 13.2. The van der Waals surface area contributed by atoms with Gasteiger partial charge in [0, 0.05) is 17.5 Å². The second-order valence-electron chi connectivity index (χ2n) is 3.89. The van der Waals surface area contributed by atoms with Crippen LogP contribution in [0.25, 0.3) is 0 Å². The standard InChI is InChI=1S/C13H12FNOS2/c1-9-7-17-13(15-9)18-8-12(16)6-10-2-4-11(14)5-3-10/h2-5,7H,6,8H2,1H3. The maximum absolute atomic E-state index is 12.7. The van der Waals surface area contributed by atoms with Crippen LogP contribution in [0, 0.1) is 12.7 Å². The Morgan fingerprint density at radius 3 is 2.72 bits per heavy atom. The molecule has 1 aromatic heterocycles. The molecule has 0 unspecified atom stereocenters. The number of Topliss-reactive ketones (excluding diaryl/α,β-unsaturated/α-hetero) is 1. The fourth-order valence-corrected chi connectivity index (χ4v) is 3.13. The van der Waals surface area contributed by atoms with Crippen LogP contribution >= 0.6 is 23.1 Å². The summed E-state index contributed by atoms with van der Waals surface area (Å²) in [6, 6.07) is 6.04. The molecule has 2 nitrogen and oxygen atoms in total. The SMILES string of the molecule is Cc1csc(SCC(=O)Cc2ccc(F)cc2)n1. The van der Waals surface area contributed by atoms with Crippen LogP contribution in [0.1, 0.15) is 11.3 Å². The highest BCUT2D eigenvalue weighted by molar-refractivity contribution is 8.01. The Morgan fingerprint density at radius 1 is 1.39 bits per heavy atom. The number of thioether (sulfide) groups is 1. The highest BCUT2D eigenvalue weighted by Gasteiger charge is 2.07. The molecule has 0 N–H and O–H groups in total. The van der Waals surface area contributed by atoms with E-state index in [0.29, 0.717) is 12.2 Å². The third kappa shape index (κ3) is 3.92. The van der Waals surface area contributed by atoms with E-state index in [1.807, 2.05) is 12.3 Å². The van der Waals surface area contributed by atoms with Crippen LogP contribution in [-0.2, 0) is 11.2 Å². The fourth-order valence-electron chi connectivity index (χ4n) is 1.42. The highest BCUT2D eigenvalue weighted by Crippen LogP contribution is 2.22. The lowest BCUT2D eigenvalue weighted by Gasteiger charge is -2.00. The Kier molecular flexibility index (Phi) is 4.49. The summed E-state index contributed by atoms with van der Waals surface area (Å²) in [6.07, 6.45) is 0.345. The second-order valence-corrected chi connectivity index (χ2v) is 5.97. The molecule has 0 aliphatic heterocycles. The van der Waals surface area contributed by atoms with Crippen LogP contribution in [0.2, 0.25) is 0 Å². The number of hydrogen-bond donors (Lipinski definition) is 0. The smallest absolute Gasteiger partial charge is 0.150 e. The number of carbonyl (C=O) groups is 1. The Hall–Kier alpha value is -1.20. The van der Waals surface area contributed by atoms with E-state index in [0.717, 1.165) is 15.6 Å². The number of benzene rings is 1. The summed E-state index contributed by atoms with van der Waals surface area (Å²) in [5.41, 5.74) is 1.82. The number of thiazole rings is 1. The third-order valence-corrected chi connectivity index (χ3v) is 4.47. The number of aromatic nitrogens is 1. The minimum Gasteiger partial charge on any atom is -0.298 e. The predicted octanol–water partition coefficient (Wildman–Crippen LogP) is 3.49. The summed E-state index contributed by atoms with van der Waals surface area (Å²) in [7, 11) is 0. The lowest BCUT2D eigenvalue weighted by molar-refractivity contribution is -0.116. The van der Waals surface area contributed by atoms with Crippen molar-refractivity contribution in [3.8, 4) is 0 Å². The quantitative estimate of drug-likeness (QED) is 0.786. The van der Waals surface area contributed by atoms with Gasteiger partial charge in [0.15, 0.2) is 4.34 Å².